The van der Waals surface area contributed by atoms with Gasteiger partial charge in [-0.25, -0.2) is 4.79 Å². The van der Waals surface area contributed by atoms with Gasteiger partial charge in [0.1, 0.15) is 17.4 Å². The van der Waals surface area contributed by atoms with Gasteiger partial charge >= 0.3 is 5.97 Å². The number of ether oxygens (including phenoxy) is 2. The van der Waals surface area contributed by atoms with Crippen molar-refractivity contribution in [3.05, 3.63) is 12.2 Å². The Morgan fingerprint density at radius 2 is 2.07 bits per heavy atom. The van der Waals surface area contributed by atoms with Crippen molar-refractivity contribution < 1.29 is 14.3 Å². The maximum absolute atomic E-state index is 11.2. The summed E-state index contributed by atoms with van der Waals surface area (Å²) in [6.07, 6.45) is 0.236. The van der Waals surface area contributed by atoms with Crippen LogP contribution < -0.4 is 5.73 Å². The Kier molecular flexibility index (Phi) is 2.94. The lowest BCUT2D eigenvalue weighted by atomic mass is 10.00. The number of rotatable bonds is 4. The highest BCUT2D eigenvalue weighted by molar-refractivity contribution is 5.87. The van der Waals surface area contributed by atoms with Gasteiger partial charge in [0.05, 0.1) is 0 Å². The normalized spacial score (nSPS) is 29.4. The number of carbonyl (C=O) groups excluding carboxylic acids is 1. The molecular formula is C11H19NO3. The van der Waals surface area contributed by atoms with Crippen molar-refractivity contribution in [3.8, 4) is 0 Å². The van der Waals surface area contributed by atoms with Crippen molar-refractivity contribution in [2.75, 3.05) is 0 Å². The maximum atomic E-state index is 11.2. The molecule has 0 aliphatic carbocycles. The molecule has 0 aromatic heterocycles. The van der Waals surface area contributed by atoms with Gasteiger partial charge in [-0.1, -0.05) is 6.58 Å². The molecule has 2 unspecified atom stereocenters. The average molecular weight is 213 g/mol. The molecule has 1 aliphatic rings. The minimum Gasteiger partial charge on any atom is -0.459 e. The van der Waals surface area contributed by atoms with E-state index in [0.29, 0.717) is 12.0 Å². The minimum atomic E-state index is -0.665. The van der Waals surface area contributed by atoms with Crippen molar-refractivity contribution >= 4 is 5.97 Å². The van der Waals surface area contributed by atoms with Crippen LogP contribution in [-0.4, -0.2) is 23.4 Å². The van der Waals surface area contributed by atoms with Crippen LogP contribution in [-0.2, 0) is 14.3 Å². The van der Waals surface area contributed by atoms with Crippen LogP contribution in [0.25, 0.3) is 0 Å². The van der Waals surface area contributed by atoms with Crippen LogP contribution in [0, 0.1) is 0 Å². The molecule has 4 nitrogen and oxygen atoms in total. The molecule has 0 aromatic rings. The van der Waals surface area contributed by atoms with Crippen molar-refractivity contribution in [3.63, 3.8) is 0 Å². The highest BCUT2D eigenvalue weighted by atomic mass is 16.6. The van der Waals surface area contributed by atoms with E-state index in [1.807, 2.05) is 13.8 Å². The first-order chi connectivity index (χ1) is 6.68. The third-order valence-corrected chi connectivity index (χ3v) is 2.66. The predicted octanol–water partition coefficient (Wildman–Crippen LogP) is 1.35. The van der Waals surface area contributed by atoms with Crippen molar-refractivity contribution in [2.45, 2.75) is 51.5 Å². The largest absolute Gasteiger partial charge is 0.459 e. The summed E-state index contributed by atoms with van der Waals surface area (Å²) in [6.45, 7) is 10.8. The quantitative estimate of drug-likeness (QED) is 0.435. The molecular weight excluding hydrogens is 194 g/mol. The van der Waals surface area contributed by atoms with Crippen LogP contribution in [0.3, 0.4) is 0 Å². The van der Waals surface area contributed by atoms with Crippen LogP contribution >= 0.6 is 0 Å². The Labute approximate surface area is 90.4 Å². The summed E-state index contributed by atoms with van der Waals surface area (Å²) in [6, 6.07) is 0. The standard InChI is InChI=1S/C11H19NO3/c1-7(2)9(13)14-8(3)6-11(12)10(4,5)15-11/h8H,1,6,12H2,2-5H3. The van der Waals surface area contributed by atoms with Crippen LogP contribution in [0.2, 0.25) is 0 Å². The molecule has 0 radical (unpaired) electrons. The Bertz CT molecular complexity index is 298. The summed E-state index contributed by atoms with van der Waals surface area (Å²) in [5.41, 5.74) is 5.35. The second kappa shape index (κ2) is 3.61. The summed E-state index contributed by atoms with van der Waals surface area (Å²) in [5.74, 6) is -0.385. The fourth-order valence-electron chi connectivity index (χ4n) is 1.47. The molecule has 1 saturated heterocycles. The smallest absolute Gasteiger partial charge is 0.333 e. The Morgan fingerprint density at radius 3 is 2.40 bits per heavy atom. The predicted molar refractivity (Wildman–Crippen MR) is 57.1 cm³/mol. The number of epoxide rings is 1. The number of esters is 1. The lowest BCUT2D eigenvalue weighted by Crippen LogP contribution is -2.36. The van der Waals surface area contributed by atoms with Crippen LogP contribution in [0.1, 0.15) is 34.1 Å². The van der Waals surface area contributed by atoms with E-state index in [9.17, 15) is 4.79 Å². The van der Waals surface area contributed by atoms with E-state index in [-0.39, 0.29) is 17.7 Å². The van der Waals surface area contributed by atoms with E-state index in [4.69, 9.17) is 15.2 Å². The van der Waals surface area contributed by atoms with Gasteiger partial charge in [-0.15, -0.1) is 0 Å². The molecule has 2 N–H and O–H groups in total. The fraction of sp³-hybridized carbons (Fsp3) is 0.727. The monoisotopic (exact) mass is 213 g/mol. The highest BCUT2D eigenvalue weighted by Gasteiger charge is 2.61. The SMILES string of the molecule is C=C(C)C(=O)OC(C)CC1(N)OC1(C)C. The first-order valence-corrected chi connectivity index (χ1v) is 5.03. The van der Waals surface area contributed by atoms with Gasteiger partial charge in [-0.2, -0.15) is 0 Å². The van der Waals surface area contributed by atoms with E-state index in [0.717, 1.165) is 0 Å². The lowest BCUT2D eigenvalue weighted by molar-refractivity contribution is -0.144. The molecule has 0 spiro atoms. The van der Waals surface area contributed by atoms with Gasteiger partial charge in [0.15, 0.2) is 0 Å². The van der Waals surface area contributed by atoms with Crippen LogP contribution in [0.5, 0.6) is 0 Å². The number of hydrogen-bond acceptors (Lipinski definition) is 4. The molecule has 0 aromatic carbocycles. The number of nitrogens with two attached hydrogens (primary N) is 1. The Morgan fingerprint density at radius 1 is 1.60 bits per heavy atom. The van der Waals surface area contributed by atoms with Crippen LogP contribution in [0.15, 0.2) is 12.2 Å². The van der Waals surface area contributed by atoms with Crippen LogP contribution in [0.4, 0.5) is 0 Å². The van der Waals surface area contributed by atoms with E-state index < -0.39 is 5.72 Å². The van der Waals surface area contributed by atoms with E-state index >= 15 is 0 Å². The zero-order chi connectivity index (χ0) is 11.9. The minimum absolute atomic E-state index is 0.263. The molecule has 2 atom stereocenters. The van der Waals surface area contributed by atoms with E-state index in [1.54, 1.807) is 13.8 Å². The molecule has 4 heteroatoms. The van der Waals surface area contributed by atoms with Gasteiger partial charge in [0.2, 0.25) is 0 Å². The third kappa shape index (κ3) is 2.58. The van der Waals surface area contributed by atoms with Gasteiger partial charge in [-0.3, -0.25) is 0 Å². The maximum Gasteiger partial charge on any atom is 0.333 e. The zero-order valence-electron chi connectivity index (χ0n) is 9.79. The molecule has 86 valence electrons. The Hall–Kier alpha value is -0.870. The molecule has 15 heavy (non-hydrogen) atoms. The fourth-order valence-corrected chi connectivity index (χ4v) is 1.47. The van der Waals surface area contributed by atoms with Gasteiger partial charge < -0.3 is 15.2 Å². The summed E-state index contributed by atoms with van der Waals surface area (Å²) < 4.78 is 10.5. The second-order valence-electron chi connectivity index (χ2n) is 4.70. The van der Waals surface area contributed by atoms with Crippen molar-refractivity contribution in [2.24, 2.45) is 5.73 Å². The molecule has 0 saturated carbocycles. The summed E-state index contributed by atoms with van der Waals surface area (Å²) >= 11 is 0. The van der Waals surface area contributed by atoms with E-state index in [2.05, 4.69) is 6.58 Å². The molecule has 1 rings (SSSR count). The van der Waals surface area contributed by atoms with Crippen molar-refractivity contribution in [1.82, 2.24) is 0 Å². The van der Waals surface area contributed by atoms with Gasteiger partial charge in [-0.05, 0) is 27.7 Å². The summed E-state index contributed by atoms with van der Waals surface area (Å²) in [7, 11) is 0. The van der Waals surface area contributed by atoms with Gasteiger partial charge in [0, 0.05) is 12.0 Å². The van der Waals surface area contributed by atoms with E-state index in [1.165, 1.54) is 0 Å². The Balaban J connectivity index is 2.41. The lowest BCUT2D eigenvalue weighted by Gasteiger charge is -2.16. The molecule has 1 fully saturated rings. The number of carbonyl (C=O) groups is 1. The average Bonchev–Trinajstić information content (AvgIpc) is 2.48. The summed E-state index contributed by atoms with van der Waals surface area (Å²) in [5, 5.41) is 0. The summed E-state index contributed by atoms with van der Waals surface area (Å²) in [4.78, 5) is 11.2. The second-order valence-corrected chi connectivity index (χ2v) is 4.70. The topological polar surface area (TPSA) is 64.8 Å². The zero-order valence-corrected chi connectivity index (χ0v) is 9.79. The molecule has 1 aliphatic heterocycles. The molecule has 0 bridgehead atoms. The highest BCUT2D eigenvalue weighted by Crippen LogP contribution is 2.46. The van der Waals surface area contributed by atoms with Gasteiger partial charge in [0.25, 0.3) is 0 Å². The first kappa shape index (κ1) is 12.2. The first-order valence-electron chi connectivity index (χ1n) is 5.03. The molecule has 0 amide bonds. The third-order valence-electron chi connectivity index (χ3n) is 2.66. The van der Waals surface area contributed by atoms with Crippen molar-refractivity contribution in [1.29, 1.82) is 0 Å². The molecule has 1 heterocycles. The number of hydrogen-bond donors (Lipinski definition) is 1.